The average Bonchev–Trinajstić information content (AvgIpc) is 3.43. The summed E-state index contributed by atoms with van der Waals surface area (Å²) in [6, 6.07) is 6.33. The molecule has 4 N–H and O–H groups in total. The highest BCUT2D eigenvalue weighted by Gasteiger charge is 2.32. The molecule has 164 valence electrons. The van der Waals surface area contributed by atoms with Crippen LogP contribution < -0.4 is 16.0 Å². The van der Waals surface area contributed by atoms with E-state index in [4.69, 9.17) is 0 Å². The quantitative estimate of drug-likeness (QED) is 0.307. The Hall–Kier alpha value is -2.77. The summed E-state index contributed by atoms with van der Waals surface area (Å²) in [6.45, 7) is 5.12. The lowest BCUT2D eigenvalue weighted by molar-refractivity contribution is -0.134. The first-order chi connectivity index (χ1) is 14.6. The third-order valence-corrected chi connectivity index (χ3v) is 5.69. The van der Waals surface area contributed by atoms with Gasteiger partial charge in [-0.25, -0.2) is 0 Å². The summed E-state index contributed by atoms with van der Waals surface area (Å²) >= 11 is 0. The standard InChI is InChI=1S/C22H33N5O3/c1-2-23-22(25-13-12-24-20(29)16-7-9-19(28)10-8-16)26-18-11-14-27(15-18)21(30)17-5-3-4-6-17/h7-10,17-18,28H,2-6,11-15H2,1H3,(H,24,29)(H2,23,25,26). The van der Waals surface area contributed by atoms with Crippen molar-refractivity contribution in [3.05, 3.63) is 29.8 Å². The number of aliphatic imine (C=N–C) groups is 1. The number of hydrogen-bond acceptors (Lipinski definition) is 4. The molecule has 1 saturated heterocycles. The van der Waals surface area contributed by atoms with E-state index in [1.165, 1.54) is 25.0 Å². The fraction of sp³-hybridized carbons (Fsp3) is 0.591. The average molecular weight is 416 g/mol. The maximum absolute atomic E-state index is 12.6. The van der Waals surface area contributed by atoms with Gasteiger partial charge in [0.05, 0.1) is 6.54 Å². The molecule has 1 atom stereocenters. The van der Waals surface area contributed by atoms with Crippen LogP contribution in [0.25, 0.3) is 0 Å². The number of nitrogens with zero attached hydrogens (tertiary/aromatic N) is 2. The van der Waals surface area contributed by atoms with Crippen LogP contribution in [-0.4, -0.2) is 66.5 Å². The van der Waals surface area contributed by atoms with E-state index in [9.17, 15) is 14.7 Å². The minimum Gasteiger partial charge on any atom is -0.508 e. The van der Waals surface area contributed by atoms with Crippen molar-refractivity contribution in [2.75, 3.05) is 32.7 Å². The van der Waals surface area contributed by atoms with Crippen molar-refractivity contribution in [3.63, 3.8) is 0 Å². The van der Waals surface area contributed by atoms with Crippen LogP contribution in [0.4, 0.5) is 0 Å². The van der Waals surface area contributed by atoms with Gasteiger partial charge >= 0.3 is 0 Å². The molecule has 1 aliphatic carbocycles. The number of nitrogens with one attached hydrogen (secondary N) is 3. The van der Waals surface area contributed by atoms with E-state index in [1.807, 2.05) is 11.8 Å². The summed E-state index contributed by atoms with van der Waals surface area (Å²) in [6.07, 6.45) is 5.33. The van der Waals surface area contributed by atoms with Gasteiger partial charge in [0.15, 0.2) is 5.96 Å². The fourth-order valence-corrected chi connectivity index (χ4v) is 4.07. The summed E-state index contributed by atoms with van der Waals surface area (Å²) in [4.78, 5) is 31.3. The van der Waals surface area contributed by atoms with Crippen LogP contribution in [0.15, 0.2) is 29.3 Å². The molecule has 30 heavy (non-hydrogen) atoms. The van der Waals surface area contributed by atoms with Gasteiger partial charge in [-0.3, -0.25) is 14.6 Å². The van der Waals surface area contributed by atoms with Crippen LogP contribution in [0.5, 0.6) is 5.75 Å². The topological polar surface area (TPSA) is 106 Å². The number of phenols is 1. The van der Waals surface area contributed by atoms with Crippen molar-refractivity contribution in [2.45, 2.75) is 45.1 Å². The molecule has 0 aromatic heterocycles. The fourth-order valence-electron chi connectivity index (χ4n) is 4.07. The van der Waals surface area contributed by atoms with Crippen molar-refractivity contribution >= 4 is 17.8 Å². The highest BCUT2D eigenvalue weighted by atomic mass is 16.3. The molecule has 0 spiro atoms. The Morgan fingerprint density at radius 1 is 1.13 bits per heavy atom. The number of benzene rings is 1. The van der Waals surface area contributed by atoms with Crippen molar-refractivity contribution in [1.82, 2.24) is 20.9 Å². The largest absolute Gasteiger partial charge is 0.508 e. The molecule has 1 saturated carbocycles. The SMILES string of the molecule is CCNC(=NCCNC(=O)c1ccc(O)cc1)NC1CCN(C(=O)C2CCCC2)C1. The summed E-state index contributed by atoms with van der Waals surface area (Å²) in [5.41, 5.74) is 0.500. The number of rotatable bonds is 7. The second kappa shape index (κ2) is 10.8. The molecule has 1 heterocycles. The number of amides is 2. The van der Waals surface area contributed by atoms with Crippen LogP contribution in [-0.2, 0) is 4.79 Å². The van der Waals surface area contributed by atoms with Crippen LogP contribution >= 0.6 is 0 Å². The molecule has 2 aliphatic rings. The second-order valence-corrected chi connectivity index (χ2v) is 7.96. The minimum atomic E-state index is -0.194. The van der Waals surface area contributed by atoms with E-state index in [-0.39, 0.29) is 23.6 Å². The van der Waals surface area contributed by atoms with E-state index >= 15 is 0 Å². The number of carbonyl (C=O) groups is 2. The Morgan fingerprint density at radius 3 is 2.57 bits per heavy atom. The van der Waals surface area contributed by atoms with Gasteiger partial charge in [0, 0.05) is 43.7 Å². The first kappa shape index (κ1) is 21.9. The molecule has 8 nitrogen and oxygen atoms in total. The third-order valence-electron chi connectivity index (χ3n) is 5.69. The Morgan fingerprint density at radius 2 is 1.87 bits per heavy atom. The summed E-state index contributed by atoms with van der Waals surface area (Å²) in [5.74, 6) is 1.18. The summed E-state index contributed by atoms with van der Waals surface area (Å²) in [5, 5.41) is 18.8. The first-order valence-electron chi connectivity index (χ1n) is 11.0. The Kier molecular flexibility index (Phi) is 7.93. The molecular formula is C22H33N5O3. The highest BCUT2D eigenvalue weighted by Crippen LogP contribution is 2.27. The molecule has 1 aromatic rings. The molecule has 1 aliphatic heterocycles. The number of likely N-dealkylation sites (tertiary alicyclic amines) is 1. The lowest BCUT2D eigenvalue weighted by Gasteiger charge is -2.21. The molecule has 8 heteroatoms. The molecule has 1 aromatic carbocycles. The van der Waals surface area contributed by atoms with Crippen LogP contribution in [0.3, 0.4) is 0 Å². The molecule has 0 bridgehead atoms. The predicted octanol–water partition coefficient (Wildman–Crippen LogP) is 1.47. The lowest BCUT2D eigenvalue weighted by atomic mass is 10.1. The van der Waals surface area contributed by atoms with E-state index < -0.39 is 0 Å². The molecule has 0 radical (unpaired) electrons. The Labute approximate surface area is 178 Å². The van der Waals surface area contributed by atoms with Gasteiger partial charge in [0.2, 0.25) is 5.91 Å². The Balaban J connectivity index is 1.43. The molecule has 2 fully saturated rings. The van der Waals surface area contributed by atoms with Gasteiger partial charge in [-0.1, -0.05) is 12.8 Å². The summed E-state index contributed by atoms with van der Waals surface area (Å²) < 4.78 is 0. The molecule has 2 amide bonds. The monoisotopic (exact) mass is 415 g/mol. The minimum absolute atomic E-state index is 0.132. The Bertz CT molecular complexity index is 744. The van der Waals surface area contributed by atoms with Crippen LogP contribution in [0, 0.1) is 5.92 Å². The first-order valence-corrected chi connectivity index (χ1v) is 11.0. The van der Waals surface area contributed by atoms with Gasteiger partial charge in [-0.05, 0) is 50.5 Å². The zero-order chi connectivity index (χ0) is 21.3. The van der Waals surface area contributed by atoms with E-state index in [0.717, 1.165) is 38.9 Å². The third kappa shape index (κ3) is 6.11. The second-order valence-electron chi connectivity index (χ2n) is 7.96. The van der Waals surface area contributed by atoms with Crippen LogP contribution in [0.2, 0.25) is 0 Å². The molecule has 1 unspecified atom stereocenters. The number of aromatic hydroxyl groups is 1. The lowest BCUT2D eigenvalue weighted by Crippen LogP contribution is -2.45. The smallest absolute Gasteiger partial charge is 0.251 e. The molecular weight excluding hydrogens is 382 g/mol. The highest BCUT2D eigenvalue weighted by molar-refractivity contribution is 5.94. The van der Waals surface area contributed by atoms with Crippen molar-refractivity contribution < 1.29 is 14.7 Å². The van der Waals surface area contributed by atoms with E-state index in [1.54, 1.807) is 12.1 Å². The number of hydrogen-bond donors (Lipinski definition) is 4. The van der Waals surface area contributed by atoms with Crippen molar-refractivity contribution in [1.29, 1.82) is 0 Å². The predicted molar refractivity (Wildman–Crippen MR) is 116 cm³/mol. The zero-order valence-electron chi connectivity index (χ0n) is 17.7. The zero-order valence-corrected chi connectivity index (χ0v) is 17.7. The van der Waals surface area contributed by atoms with E-state index in [0.29, 0.717) is 30.5 Å². The van der Waals surface area contributed by atoms with Crippen molar-refractivity contribution in [3.8, 4) is 5.75 Å². The van der Waals surface area contributed by atoms with Crippen molar-refractivity contribution in [2.24, 2.45) is 10.9 Å². The van der Waals surface area contributed by atoms with Gasteiger partial charge in [-0.2, -0.15) is 0 Å². The summed E-state index contributed by atoms with van der Waals surface area (Å²) in [7, 11) is 0. The van der Waals surface area contributed by atoms with E-state index in [2.05, 4.69) is 20.9 Å². The van der Waals surface area contributed by atoms with Gasteiger partial charge in [0.1, 0.15) is 5.75 Å². The van der Waals surface area contributed by atoms with Gasteiger partial charge in [0.25, 0.3) is 5.91 Å². The maximum atomic E-state index is 12.6. The van der Waals surface area contributed by atoms with Gasteiger partial charge in [-0.15, -0.1) is 0 Å². The normalized spacial score (nSPS) is 19.7. The maximum Gasteiger partial charge on any atom is 0.251 e. The number of phenolic OH excluding ortho intramolecular Hbond substituents is 1. The molecule has 3 rings (SSSR count). The van der Waals surface area contributed by atoms with Crippen LogP contribution in [0.1, 0.15) is 49.4 Å². The van der Waals surface area contributed by atoms with Gasteiger partial charge < -0.3 is 26.0 Å². The number of guanidine groups is 1. The number of carbonyl (C=O) groups excluding carboxylic acids is 2.